The number of methoxy groups -OCH3 is 2. The van der Waals surface area contributed by atoms with Crippen LogP contribution >= 0.6 is 0 Å². The van der Waals surface area contributed by atoms with Crippen molar-refractivity contribution in [2.24, 2.45) is 0 Å². The van der Waals surface area contributed by atoms with E-state index in [2.05, 4.69) is 10.6 Å². The van der Waals surface area contributed by atoms with Gasteiger partial charge in [0.05, 0.1) is 14.2 Å². The number of carbonyl (C=O) groups excluding carboxylic acids is 2. The fourth-order valence-corrected chi connectivity index (χ4v) is 2.78. The van der Waals surface area contributed by atoms with Gasteiger partial charge >= 0.3 is 0 Å². The average Bonchev–Trinajstić information content (AvgIpc) is 2.80. The minimum absolute atomic E-state index is 0.00500. The second-order valence-corrected chi connectivity index (χ2v) is 6.45. The monoisotopic (exact) mass is 420 g/mol. The molecule has 0 fully saturated rings. The number of carbonyl (C=O) groups is 2. The first-order valence-corrected chi connectivity index (χ1v) is 9.37. The van der Waals surface area contributed by atoms with E-state index in [-0.39, 0.29) is 5.70 Å². The van der Waals surface area contributed by atoms with Crippen molar-refractivity contribution in [3.63, 3.8) is 0 Å². The number of hydrogen-bond donors (Lipinski definition) is 2. The molecule has 0 aromatic heterocycles. The van der Waals surface area contributed by atoms with Crippen LogP contribution < -0.4 is 20.1 Å². The number of amides is 2. The van der Waals surface area contributed by atoms with Crippen LogP contribution in [0.25, 0.3) is 6.08 Å². The zero-order valence-corrected chi connectivity index (χ0v) is 17.0. The summed E-state index contributed by atoms with van der Waals surface area (Å²) in [7, 11) is 3.03. The van der Waals surface area contributed by atoms with E-state index in [4.69, 9.17) is 9.47 Å². The Kier molecular flexibility index (Phi) is 7.01. The van der Waals surface area contributed by atoms with E-state index in [1.165, 1.54) is 44.6 Å². The summed E-state index contributed by atoms with van der Waals surface area (Å²) in [6.07, 6.45) is 1.52. The van der Waals surface area contributed by atoms with Gasteiger partial charge in [0, 0.05) is 11.3 Å². The molecule has 0 radical (unpaired) electrons. The molecule has 3 rings (SSSR count). The number of halogens is 1. The molecule has 0 aliphatic rings. The molecule has 0 bridgehead atoms. The molecule has 3 aromatic rings. The van der Waals surface area contributed by atoms with Gasteiger partial charge in [0.2, 0.25) is 0 Å². The van der Waals surface area contributed by atoms with Crippen molar-refractivity contribution in [2.75, 3.05) is 19.5 Å². The molecule has 3 aromatic carbocycles. The lowest BCUT2D eigenvalue weighted by Gasteiger charge is -2.12. The molecule has 0 unspecified atom stereocenters. The zero-order valence-electron chi connectivity index (χ0n) is 17.0. The summed E-state index contributed by atoms with van der Waals surface area (Å²) in [6.45, 7) is 0. The van der Waals surface area contributed by atoms with E-state index in [9.17, 15) is 14.0 Å². The Bertz CT molecular complexity index is 1100. The van der Waals surface area contributed by atoms with Gasteiger partial charge in [0.25, 0.3) is 11.8 Å². The first-order chi connectivity index (χ1) is 15.0. The molecule has 0 saturated heterocycles. The summed E-state index contributed by atoms with van der Waals surface area (Å²) >= 11 is 0. The molecule has 31 heavy (non-hydrogen) atoms. The highest BCUT2D eigenvalue weighted by molar-refractivity contribution is 6.10. The molecule has 158 valence electrons. The van der Waals surface area contributed by atoms with E-state index in [1.54, 1.807) is 48.5 Å². The largest absolute Gasteiger partial charge is 0.493 e. The van der Waals surface area contributed by atoms with Crippen LogP contribution in [0.15, 0.2) is 78.5 Å². The van der Waals surface area contributed by atoms with Crippen LogP contribution in [0.5, 0.6) is 11.5 Å². The SMILES string of the molecule is COc1ccc(/C=C(/NC(=O)c2ccccc2)C(=O)Nc2ccc(F)cc2)cc1OC. The van der Waals surface area contributed by atoms with E-state index >= 15 is 0 Å². The van der Waals surface area contributed by atoms with Crippen molar-refractivity contribution in [3.05, 3.63) is 95.4 Å². The summed E-state index contributed by atoms with van der Waals surface area (Å²) in [6, 6.07) is 18.9. The Hall–Kier alpha value is -4.13. The predicted molar refractivity (Wildman–Crippen MR) is 116 cm³/mol. The highest BCUT2D eigenvalue weighted by Crippen LogP contribution is 2.28. The second-order valence-electron chi connectivity index (χ2n) is 6.45. The number of benzene rings is 3. The maximum Gasteiger partial charge on any atom is 0.272 e. The van der Waals surface area contributed by atoms with Gasteiger partial charge in [-0.1, -0.05) is 24.3 Å². The van der Waals surface area contributed by atoms with Crippen molar-refractivity contribution >= 4 is 23.6 Å². The maximum atomic E-state index is 13.2. The Morgan fingerprint density at radius 3 is 2.19 bits per heavy atom. The van der Waals surface area contributed by atoms with Crippen LogP contribution in [0.3, 0.4) is 0 Å². The molecule has 2 amide bonds. The van der Waals surface area contributed by atoms with Gasteiger partial charge in [-0.3, -0.25) is 9.59 Å². The highest BCUT2D eigenvalue weighted by atomic mass is 19.1. The maximum absolute atomic E-state index is 13.2. The van der Waals surface area contributed by atoms with Gasteiger partial charge in [0.1, 0.15) is 11.5 Å². The van der Waals surface area contributed by atoms with Gasteiger partial charge < -0.3 is 20.1 Å². The lowest BCUT2D eigenvalue weighted by molar-refractivity contribution is -0.113. The molecule has 7 heteroatoms. The first-order valence-electron chi connectivity index (χ1n) is 9.37. The molecule has 0 saturated carbocycles. The van der Waals surface area contributed by atoms with Gasteiger partial charge in [-0.2, -0.15) is 0 Å². The van der Waals surface area contributed by atoms with Crippen LogP contribution in [0.1, 0.15) is 15.9 Å². The van der Waals surface area contributed by atoms with Crippen molar-refractivity contribution in [2.45, 2.75) is 0 Å². The topological polar surface area (TPSA) is 76.7 Å². The third kappa shape index (κ3) is 5.70. The number of ether oxygens (including phenoxy) is 2. The lowest BCUT2D eigenvalue weighted by atomic mass is 10.1. The van der Waals surface area contributed by atoms with Crippen molar-refractivity contribution in [1.82, 2.24) is 5.32 Å². The van der Waals surface area contributed by atoms with E-state index in [1.807, 2.05) is 0 Å². The number of nitrogens with one attached hydrogen (secondary N) is 2. The van der Waals surface area contributed by atoms with Crippen LogP contribution in [0.4, 0.5) is 10.1 Å². The normalized spacial score (nSPS) is 10.9. The molecule has 6 nitrogen and oxygen atoms in total. The van der Waals surface area contributed by atoms with Gasteiger partial charge in [0.15, 0.2) is 11.5 Å². The number of rotatable bonds is 7. The lowest BCUT2D eigenvalue weighted by Crippen LogP contribution is -2.30. The second kappa shape index (κ2) is 10.1. The van der Waals surface area contributed by atoms with Crippen molar-refractivity contribution in [3.8, 4) is 11.5 Å². The predicted octanol–water partition coefficient (Wildman–Crippen LogP) is 4.25. The zero-order chi connectivity index (χ0) is 22.2. The van der Waals surface area contributed by atoms with Gasteiger partial charge in [-0.05, 0) is 60.2 Å². The minimum Gasteiger partial charge on any atom is -0.493 e. The Morgan fingerprint density at radius 2 is 1.55 bits per heavy atom. The molecule has 0 aliphatic carbocycles. The summed E-state index contributed by atoms with van der Waals surface area (Å²) in [5.74, 6) is -0.419. The molecule has 0 aliphatic heterocycles. The Morgan fingerprint density at radius 1 is 0.871 bits per heavy atom. The summed E-state index contributed by atoms with van der Waals surface area (Å²) < 4.78 is 23.7. The quantitative estimate of drug-likeness (QED) is 0.560. The first kappa shape index (κ1) is 21.6. The minimum atomic E-state index is -0.564. The molecule has 0 heterocycles. The number of anilines is 1. The van der Waals surface area contributed by atoms with Crippen LogP contribution in [-0.4, -0.2) is 26.0 Å². The standard InChI is InChI=1S/C24H21FN2O4/c1-30-21-13-8-16(15-22(21)31-2)14-20(27-23(28)17-6-4-3-5-7-17)24(29)26-19-11-9-18(25)10-12-19/h3-15H,1-2H3,(H,26,29)(H,27,28)/b20-14+. The van der Waals surface area contributed by atoms with Crippen molar-refractivity contribution < 1.29 is 23.5 Å². The Balaban J connectivity index is 1.92. The van der Waals surface area contributed by atoms with Crippen LogP contribution in [0, 0.1) is 5.82 Å². The summed E-state index contributed by atoms with van der Waals surface area (Å²) in [4.78, 5) is 25.5. The highest BCUT2D eigenvalue weighted by Gasteiger charge is 2.16. The molecule has 0 spiro atoms. The fraction of sp³-hybridized carbons (Fsp3) is 0.0833. The third-order valence-electron chi connectivity index (χ3n) is 4.35. The van der Waals surface area contributed by atoms with Gasteiger partial charge in [-0.25, -0.2) is 4.39 Å². The third-order valence-corrected chi connectivity index (χ3v) is 4.35. The Labute approximate surface area is 179 Å². The average molecular weight is 420 g/mol. The fourth-order valence-electron chi connectivity index (χ4n) is 2.78. The number of hydrogen-bond acceptors (Lipinski definition) is 4. The van der Waals surface area contributed by atoms with Crippen LogP contribution in [0.2, 0.25) is 0 Å². The molecule has 0 atom stereocenters. The van der Waals surface area contributed by atoms with E-state index in [0.29, 0.717) is 28.3 Å². The van der Waals surface area contributed by atoms with E-state index < -0.39 is 17.6 Å². The summed E-state index contributed by atoms with van der Waals surface area (Å²) in [5.41, 5.74) is 1.40. The summed E-state index contributed by atoms with van der Waals surface area (Å²) in [5, 5.41) is 5.30. The van der Waals surface area contributed by atoms with Gasteiger partial charge in [-0.15, -0.1) is 0 Å². The molecule has 2 N–H and O–H groups in total. The molecular formula is C24H21FN2O4. The van der Waals surface area contributed by atoms with Crippen molar-refractivity contribution in [1.29, 1.82) is 0 Å². The van der Waals surface area contributed by atoms with Crippen LogP contribution in [-0.2, 0) is 4.79 Å². The smallest absolute Gasteiger partial charge is 0.272 e. The molecular weight excluding hydrogens is 399 g/mol. The van der Waals surface area contributed by atoms with E-state index in [0.717, 1.165) is 0 Å².